The maximum absolute atomic E-state index is 12.7. The molecule has 0 fully saturated rings. The van der Waals surface area contributed by atoms with Crippen molar-refractivity contribution in [2.45, 2.75) is 6.92 Å². The van der Waals surface area contributed by atoms with Gasteiger partial charge in [-0.15, -0.1) is 0 Å². The van der Waals surface area contributed by atoms with Crippen LogP contribution in [-0.4, -0.2) is 42.0 Å². The van der Waals surface area contributed by atoms with Crippen molar-refractivity contribution in [2.24, 2.45) is 5.16 Å². The molecule has 36 heavy (non-hydrogen) atoms. The van der Waals surface area contributed by atoms with Crippen LogP contribution in [0.3, 0.4) is 0 Å². The Labute approximate surface area is 206 Å². The highest BCUT2D eigenvalue weighted by molar-refractivity contribution is 7.86. The van der Waals surface area contributed by atoms with Crippen LogP contribution in [0.5, 0.6) is 0 Å². The molecular weight excluding hydrogens is 482 g/mol. The van der Waals surface area contributed by atoms with Crippen molar-refractivity contribution in [3.8, 4) is 0 Å². The molecule has 0 spiro atoms. The van der Waals surface area contributed by atoms with E-state index in [0.717, 1.165) is 10.8 Å². The molecule has 3 aromatic rings. The molecular formula is C27H19NO7S. The van der Waals surface area contributed by atoms with Crippen molar-refractivity contribution < 1.29 is 32.5 Å². The molecule has 2 N–H and O–H groups in total. The zero-order valence-corrected chi connectivity index (χ0v) is 19.7. The first kappa shape index (κ1) is 23.3. The quantitative estimate of drug-likeness (QED) is 0.480. The van der Waals surface area contributed by atoms with E-state index in [1.54, 1.807) is 42.5 Å². The second kappa shape index (κ2) is 8.62. The minimum Gasteiger partial charge on any atom is -0.478 e. The number of carboxylic acid groups (broad SMARTS) is 2. The maximum Gasteiger partial charge on any atom is 0.338 e. The summed E-state index contributed by atoms with van der Waals surface area (Å²) in [6, 6.07) is 20.0. The first-order chi connectivity index (χ1) is 17.2. The van der Waals surface area contributed by atoms with Crippen molar-refractivity contribution in [3.63, 3.8) is 0 Å². The molecule has 0 bridgehead atoms. The number of hydrogen-bond acceptors (Lipinski definition) is 6. The molecule has 9 heteroatoms. The summed E-state index contributed by atoms with van der Waals surface area (Å²) in [4.78, 5) is 25.2. The third kappa shape index (κ3) is 3.70. The standard InChI is InChI=1S/C27H19NO7S/c1-2-36(33,34)35-28-25-20-14-16-9-4-6-12-18(16)21(20)22(23(26(29)30)24(25)27(31)32)19-13-7-10-15-8-3-5-11-17(15)19/h3-14H,2H2,1H3,(H,29,30)(H,31,32). The van der Waals surface area contributed by atoms with Crippen molar-refractivity contribution in [3.05, 3.63) is 100 Å². The number of allylic oxidation sites excluding steroid dienone is 2. The van der Waals surface area contributed by atoms with Crippen LogP contribution in [0.15, 0.2) is 88.6 Å². The molecule has 0 unspecified atom stereocenters. The summed E-state index contributed by atoms with van der Waals surface area (Å²) in [7, 11) is -4.09. The third-order valence-electron chi connectivity index (χ3n) is 6.12. The first-order valence-electron chi connectivity index (χ1n) is 11.0. The second-order valence-electron chi connectivity index (χ2n) is 8.14. The Bertz CT molecular complexity index is 1700. The van der Waals surface area contributed by atoms with Gasteiger partial charge in [0, 0.05) is 16.7 Å². The summed E-state index contributed by atoms with van der Waals surface area (Å²) < 4.78 is 28.8. The number of hydrogen-bond donors (Lipinski definition) is 2. The molecule has 2 aliphatic carbocycles. The number of aliphatic carboxylic acids is 2. The topological polar surface area (TPSA) is 130 Å². The Morgan fingerprint density at radius 2 is 1.47 bits per heavy atom. The minimum absolute atomic E-state index is 0.213. The highest BCUT2D eigenvalue weighted by Gasteiger charge is 2.41. The third-order valence-corrected chi connectivity index (χ3v) is 7.13. The summed E-state index contributed by atoms with van der Waals surface area (Å²) in [5, 5.41) is 25.8. The number of carboxylic acids is 2. The molecule has 0 heterocycles. The van der Waals surface area contributed by atoms with E-state index in [9.17, 15) is 28.2 Å². The molecule has 0 aromatic heterocycles. The van der Waals surface area contributed by atoms with Crippen LogP contribution in [0.25, 0.3) is 28.0 Å². The van der Waals surface area contributed by atoms with E-state index in [0.29, 0.717) is 22.3 Å². The average Bonchev–Trinajstić information content (AvgIpc) is 3.25. The van der Waals surface area contributed by atoms with Gasteiger partial charge in [0.05, 0.1) is 11.3 Å². The Hall–Kier alpha value is -4.50. The van der Waals surface area contributed by atoms with Crippen LogP contribution in [0.1, 0.15) is 23.6 Å². The largest absolute Gasteiger partial charge is 0.478 e. The predicted octanol–water partition coefficient (Wildman–Crippen LogP) is 4.35. The fourth-order valence-corrected chi connectivity index (χ4v) is 4.85. The Kier molecular flexibility index (Phi) is 5.57. The Balaban J connectivity index is 1.94. The van der Waals surface area contributed by atoms with Crippen LogP contribution in [0, 0.1) is 0 Å². The van der Waals surface area contributed by atoms with Crippen molar-refractivity contribution in [1.82, 2.24) is 0 Å². The number of oxime groups is 1. The van der Waals surface area contributed by atoms with Crippen LogP contribution >= 0.6 is 0 Å². The normalized spacial score (nSPS) is 16.1. The summed E-state index contributed by atoms with van der Waals surface area (Å²) in [6.07, 6.45) is 1.66. The Morgan fingerprint density at radius 1 is 0.833 bits per heavy atom. The van der Waals surface area contributed by atoms with Crippen LogP contribution in [0.4, 0.5) is 0 Å². The molecule has 0 amide bonds. The van der Waals surface area contributed by atoms with Gasteiger partial charge >= 0.3 is 22.1 Å². The van der Waals surface area contributed by atoms with Gasteiger partial charge in [0.2, 0.25) is 0 Å². The molecule has 2 aliphatic rings. The molecule has 0 atom stereocenters. The summed E-state index contributed by atoms with van der Waals surface area (Å²) in [5.74, 6) is -3.46. The van der Waals surface area contributed by atoms with Gasteiger partial charge in [0.25, 0.3) is 0 Å². The number of rotatable bonds is 6. The van der Waals surface area contributed by atoms with Gasteiger partial charge in [-0.2, -0.15) is 8.42 Å². The molecule has 180 valence electrons. The minimum atomic E-state index is -4.09. The van der Waals surface area contributed by atoms with E-state index in [4.69, 9.17) is 4.28 Å². The van der Waals surface area contributed by atoms with Crippen LogP contribution in [-0.2, 0) is 24.0 Å². The number of benzene rings is 3. The van der Waals surface area contributed by atoms with E-state index in [-0.39, 0.29) is 16.9 Å². The lowest BCUT2D eigenvalue weighted by molar-refractivity contribution is -0.135. The number of carbonyl (C=O) groups is 2. The van der Waals surface area contributed by atoms with E-state index in [1.165, 1.54) is 6.92 Å². The highest BCUT2D eigenvalue weighted by atomic mass is 32.2. The van der Waals surface area contributed by atoms with Crippen LogP contribution in [0.2, 0.25) is 0 Å². The van der Waals surface area contributed by atoms with Gasteiger partial charge in [0.15, 0.2) is 0 Å². The zero-order chi connectivity index (χ0) is 25.6. The summed E-state index contributed by atoms with van der Waals surface area (Å²) in [6.45, 7) is 1.35. The fraction of sp³-hybridized carbons (Fsp3) is 0.0741. The van der Waals surface area contributed by atoms with Crippen molar-refractivity contribution in [1.29, 1.82) is 0 Å². The zero-order valence-electron chi connectivity index (χ0n) is 18.9. The fourth-order valence-electron chi connectivity index (χ4n) is 4.56. The molecule has 8 nitrogen and oxygen atoms in total. The summed E-state index contributed by atoms with van der Waals surface area (Å²) >= 11 is 0. The maximum atomic E-state index is 12.7. The molecule has 5 rings (SSSR count). The van der Waals surface area contributed by atoms with Gasteiger partial charge in [-0.25, -0.2) is 9.59 Å². The van der Waals surface area contributed by atoms with E-state index in [2.05, 4.69) is 5.16 Å². The van der Waals surface area contributed by atoms with Crippen LogP contribution < -0.4 is 0 Å². The summed E-state index contributed by atoms with van der Waals surface area (Å²) in [5.41, 5.74) is 1.32. The lowest BCUT2D eigenvalue weighted by Gasteiger charge is -2.25. The van der Waals surface area contributed by atoms with E-state index in [1.807, 2.05) is 30.3 Å². The van der Waals surface area contributed by atoms with Gasteiger partial charge in [-0.1, -0.05) is 71.9 Å². The van der Waals surface area contributed by atoms with Gasteiger partial charge in [-0.3, -0.25) is 4.28 Å². The van der Waals surface area contributed by atoms with Crippen molar-refractivity contribution in [2.75, 3.05) is 5.75 Å². The SMILES string of the molecule is CCS(=O)(=O)ON=C1C2=Cc3ccccc3C2=C(c2cccc3ccccc23)C(C(=O)O)=C1C(=O)O. The molecule has 3 aromatic carbocycles. The van der Waals surface area contributed by atoms with Gasteiger partial charge < -0.3 is 10.2 Å². The monoisotopic (exact) mass is 501 g/mol. The number of fused-ring (bicyclic) bond motifs is 4. The van der Waals surface area contributed by atoms with E-state index < -0.39 is 39.0 Å². The lowest BCUT2D eigenvalue weighted by Crippen LogP contribution is -2.26. The van der Waals surface area contributed by atoms with Crippen molar-refractivity contribution >= 4 is 55.8 Å². The lowest BCUT2D eigenvalue weighted by atomic mass is 9.77. The average molecular weight is 502 g/mol. The molecule has 0 radical (unpaired) electrons. The first-order valence-corrected chi connectivity index (χ1v) is 12.6. The number of nitrogens with zero attached hydrogens (tertiary/aromatic N) is 1. The Morgan fingerprint density at radius 3 is 2.19 bits per heavy atom. The van der Waals surface area contributed by atoms with Gasteiger partial charge in [-0.05, 0) is 40.5 Å². The van der Waals surface area contributed by atoms with Gasteiger partial charge in [0.1, 0.15) is 11.3 Å². The molecule has 0 aliphatic heterocycles. The predicted molar refractivity (Wildman–Crippen MR) is 135 cm³/mol. The smallest absolute Gasteiger partial charge is 0.338 e. The molecule has 0 saturated heterocycles. The highest BCUT2D eigenvalue weighted by Crippen LogP contribution is 2.49. The molecule has 0 saturated carbocycles. The van der Waals surface area contributed by atoms with E-state index >= 15 is 0 Å². The second-order valence-corrected chi connectivity index (χ2v) is 9.98.